The van der Waals surface area contributed by atoms with Crippen molar-refractivity contribution in [3.63, 3.8) is 0 Å². The first-order valence-electron chi connectivity index (χ1n) is 4.45. The van der Waals surface area contributed by atoms with Crippen LogP contribution in [0.2, 0.25) is 0 Å². The molecular weight excluding hydrogens is 154 g/mol. The molecule has 0 saturated carbocycles. The molecule has 0 bridgehead atoms. The van der Waals surface area contributed by atoms with Crippen LogP contribution in [0.4, 0.5) is 0 Å². The highest BCUT2D eigenvalue weighted by Crippen LogP contribution is 2.22. The van der Waals surface area contributed by atoms with Crippen LogP contribution in [0.25, 0.3) is 0 Å². The van der Waals surface area contributed by atoms with Gasteiger partial charge in [0.15, 0.2) is 0 Å². The van der Waals surface area contributed by atoms with Crippen molar-refractivity contribution in [1.82, 2.24) is 4.90 Å². The van der Waals surface area contributed by atoms with E-state index < -0.39 is 0 Å². The quantitative estimate of drug-likeness (QED) is 0.594. The van der Waals surface area contributed by atoms with Crippen LogP contribution in [0, 0.1) is 5.92 Å². The highest BCUT2D eigenvalue weighted by molar-refractivity contribution is 5.73. The summed E-state index contributed by atoms with van der Waals surface area (Å²) in [7, 11) is 1.67. The highest BCUT2D eigenvalue weighted by Gasteiger charge is 2.27. The molecule has 1 rings (SSSR count). The lowest BCUT2D eigenvalue weighted by Gasteiger charge is -2.36. The topological polar surface area (TPSA) is 29.5 Å². The summed E-state index contributed by atoms with van der Waals surface area (Å²) in [6.45, 7) is 4.64. The standard InChI is InChI=1S/C9H17NO2/c1-7-4-5-10(8(2)11)9(6-7)12-3/h7,9H,4-6H2,1-3H3/t7-,9+/m1/s1. The molecule has 0 unspecified atom stereocenters. The molecule has 3 nitrogen and oxygen atoms in total. The van der Waals surface area contributed by atoms with Crippen molar-refractivity contribution in [2.45, 2.75) is 32.9 Å². The molecule has 0 aromatic heterocycles. The van der Waals surface area contributed by atoms with E-state index in [4.69, 9.17) is 4.74 Å². The number of hydrogen-bond donors (Lipinski definition) is 0. The van der Waals surface area contributed by atoms with Gasteiger partial charge >= 0.3 is 0 Å². The van der Waals surface area contributed by atoms with Crippen LogP contribution in [0.1, 0.15) is 26.7 Å². The zero-order valence-electron chi connectivity index (χ0n) is 8.04. The van der Waals surface area contributed by atoms with Crippen molar-refractivity contribution >= 4 is 5.91 Å². The fourth-order valence-electron chi connectivity index (χ4n) is 1.68. The minimum atomic E-state index is 0.00579. The van der Waals surface area contributed by atoms with Crippen LogP contribution < -0.4 is 0 Å². The summed E-state index contributed by atoms with van der Waals surface area (Å²) < 4.78 is 5.24. The molecule has 1 heterocycles. The van der Waals surface area contributed by atoms with Gasteiger partial charge in [-0.05, 0) is 18.8 Å². The molecule has 0 aromatic rings. The first-order valence-corrected chi connectivity index (χ1v) is 4.45. The number of piperidine rings is 1. The Kier molecular flexibility index (Phi) is 3.09. The van der Waals surface area contributed by atoms with Crippen molar-refractivity contribution in [3.8, 4) is 0 Å². The largest absolute Gasteiger partial charge is 0.362 e. The van der Waals surface area contributed by atoms with Gasteiger partial charge in [-0.15, -0.1) is 0 Å². The number of rotatable bonds is 1. The second kappa shape index (κ2) is 3.90. The summed E-state index contributed by atoms with van der Waals surface area (Å²) in [6.07, 6.45) is 2.07. The first-order chi connectivity index (χ1) is 5.65. The second-order valence-electron chi connectivity index (χ2n) is 3.53. The number of carbonyl (C=O) groups excluding carboxylic acids is 1. The van der Waals surface area contributed by atoms with Crippen LogP contribution in [-0.4, -0.2) is 30.7 Å². The molecule has 12 heavy (non-hydrogen) atoms. The average molecular weight is 171 g/mol. The zero-order valence-corrected chi connectivity index (χ0v) is 8.04. The van der Waals surface area contributed by atoms with Gasteiger partial charge in [-0.3, -0.25) is 4.79 Å². The third-order valence-electron chi connectivity index (χ3n) is 2.49. The maximum Gasteiger partial charge on any atom is 0.221 e. The number of ether oxygens (including phenoxy) is 1. The summed E-state index contributed by atoms with van der Waals surface area (Å²) >= 11 is 0. The number of methoxy groups -OCH3 is 1. The fourth-order valence-corrected chi connectivity index (χ4v) is 1.68. The molecule has 2 atom stereocenters. The minimum absolute atomic E-state index is 0.00579. The predicted octanol–water partition coefficient (Wildman–Crippen LogP) is 1.24. The Hall–Kier alpha value is -0.570. The van der Waals surface area contributed by atoms with E-state index in [0.29, 0.717) is 5.92 Å². The van der Waals surface area contributed by atoms with Crippen LogP contribution in [0.15, 0.2) is 0 Å². The summed E-state index contributed by atoms with van der Waals surface area (Å²) in [5, 5.41) is 0. The lowest BCUT2D eigenvalue weighted by molar-refractivity contribution is -0.147. The molecular formula is C9H17NO2. The summed E-state index contributed by atoms with van der Waals surface area (Å²) in [5.74, 6) is 0.791. The monoisotopic (exact) mass is 171 g/mol. The van der Waals surface area contributed by atoms with Crippen molar-refractivity contribution in [2.75, 3.05) is 13.7 Å². The maximum absolute atomic E-state index is 11.1. The van der Waals surface area contributed by atoms with Gasteiger partial charge in [-0.1, -0.05) is 6.92 Å². The Morgan fingerprint density at radius 3 is 2.75 bits per heavy atom. The summed E-state index contributed by atoms with van der Waals surface area (Å²) in [6, 6.07) is 0. The van der Waals surface area contributed by atoms with Gasteiger partial charge in [-0.2, -0.15) is 0 Å². The van der Waals surface area contributed by atoms with Crippen LogP contribution in [-0.2, 0) is 9.53 Å². The predicted molar refractivity (Wildman–Crippen MR) is 46.6 cm³/mol. The Morgan fingerprint density at radius 1 is 1.58 bits per heavy atom. The van der Waals surface area contributed by atoms with Crippen molar-refractivity contribution in [2.24, 2.45) is 5.92 Å². The van der Waals surface area contributed by atoms with E-state index >= 15 is 0 Å². The summed E-state index contributed by atoms with van der Waals surface area (Å²) in [5.41, 5.74) is 0. The van der Waals surface area contributed by atoms with E-state index in [1.165, 1.54) is 0 Å². The average Bonchev–Trinajstić information content (AvgIpc) is 2.03. The molecule has 1 amide bonds. The lowest BCUT2D eigenvalue weighted by Crippen LogP contribution is -2.45. The van der Waals surface area contributed by atoms with Crippen molar-refractivity contribution in [3.05, 3.63) is 0 Å². The van der Waals surface area contributed by atoms with Gasteiger partial charge in [0, 0.05) is 20.6 Å². The van der Waals surface area contributed by atoms with Gasteiger partial charge in [-0.25, -0.2) is 0 Å². The third-order valence-corrected chi connectivity index (χ3v) is 2.49. The molecule has 0 spiro atoms. The molecule has 1 saturated heterocycles. The van der Waals surface area contributed by atoms with Gasteiger partial charge in [0.25, 0.3) is 0 Å². The molecule has 1 aliphatic rings. The van der Waals surface area contributed by atoms with Crippen LogP contribution in [0.5, 0.6) is 0 Å². The van der Waals surface area contributed by atoms with Gasteiger partial charge in [0.2, 0.25) is 5.91 Å². The van der Waals surface area contributed by atoms with Crippen molar-refractivity contribution < 1.29 is 9.53 Å². The number of likely N-dealkylation sites (tertiary alicyclic amines) is 1. The second-order valence-corrected chi connectivity index (χ2v) is 3.53. The minimum Gasteiger partial charge on any atom is -0.362 e. The lowest BCUT2D eigenvalue weighted by atomic mass is 9.97. The number of carbonyl (C=O) groups is 1. The fraction of sp³-hybridized carbons (Fsp3) is 0.889. The zero-order chi connectivity index (χ0) is 9.14. The van der Waals surface area contributed by atoms with E-state index in [2.05, 4.69) is 6.92 Å². The maximum atomic E-state index is 11.1. The molecule has 0 N–H and O–H groups in total. The first kappa shape index (κ1) is 9.52. The van der Waals surface area contributed by atoms with Crippen LogP contribution >= 0.6 is 0 Å². The van der Waals surface area contributed by atoms with Gasteiger partial charge in [0.1, 0.15) is 6.23 Å². The molecule has 1 fully saturated rings. The van der Waals surface area contributed by atoms with Gasteiger partial charge in [0.05, 0.1) is 0 Å². The van der Waals surface area contributed by atoms with Crippen molar-refractivity contribution in [1.29, 1.82) is 0 Å². The van der Waals surface area contributed by atoms with Crippen LogP contribution in [0.3, 0.4) is 0 Å². The normalized spacial score (nSPS) is 30.4. The molecule has 0 aromatic carbocycles. The summed E-state index contributed by atoms with van der Waals surface area (Å²) in [4.78, 5) is 12.9. The Labute approximate surface area is 73.7 Å². The Bertz CT molecular complexity index is 170. The molecule has 0 aliphatic carbocycles. The number of amides is 1. The van der Waals surface area contributed by atoms with E-state index in [0.717, 1.165) is 19.4 Å². The van der Waals surface area contributed by atoms with E-state index in [-0.39, 0.29) is 12.1 Å². The Morgan fingerprint density at radius 2 is 2.25 bits per heavy atom. The third kappa shape index (κ3) is 1.97. The smallest absolute Gasteiger partial charge is 0.221 e. The molecule has 3 heteroatoms. The van der Waals surface area contributed by atoms with E-state index in [9.17, 15) is 4.79 Å². The number of hydrogen-bond acceptors (Lipinski definition) is 2. The molecule has 0 radical (unpaired) electrons. The molecule has 70 valence electrons. The van der Waals surface area contributed by atoms with E-state index in [1.807, 2.05) is 0 Å². The SMILES string of the molecule is CO[C@H]1C[C@H](C)CCN1C(C)=O. The molecule has 1 aliphatic heterocycles. The highest BCUT2D eigenvalue weighted by atomic mass is 16.5. The number of nitrogens with zero attached hydrogens (tertiary/aromatic N) is 1. The van der Waals surface area contributed by atoms with E-state index in [1.54, 1.807) is 18.9 Å². The Balaban J connectivity index is 2.56. The van der Waals surface area contributed by atoms with Gasteiger partial charge < -0.3 is 9.64 Å².